The number of hydrogen-bond acceptors (Lipinski definition) is 6. The molecular formula is C23H28N2O5S. The maximum atomic E-state index is 12.5. The monoisotopic (exact) mass is 444 g/mol. The van der Waals surface area contributed by atoms with E-state index in [0.29, 0.717) is 22.0 Å². The van der Waals surface area contributed by atoms with Gasteiger partial charge in [0.25, 0.3) is 5.91 Å². The van der Waals surface area contributed by atoms with Crippen molar-refractivity contribution in [1.29, 1.82) is 0 Å². The molecule has 31 heavy (non-hydrogen) atoms. The molecule has 0 atom stereocenters. The minimum atomic E-state index is -0.573. The average Bonchev–Trinajstić information content (AvgIpc) is 3.06. The number of carbonyl (C=O) groups is 3. The van der Waals surface area contributed by atoms with Crippen LogP contribution in [0.15, 0.2) is 30.3 Å². The number of rotatable bonds is 9. The summed E-state index contributed by atoms with van der Waals surface area (Å²) in [5, 5.41) is 3.00. The summed E-state index contributed by atoms with van der Waals surface area (Å²) in [7, 11) is 3.26. The molecule has 0 unspecified atom stereocenters. The van der Waals surface area contributed by atoms with E-state index in [2.05, 4.69) is 5.32 Å². The van der Waals surface area contributed by atoms with Crippen LogP contribution in [0.4, 0.5) is 5.00 Å². The zero-order valence-electron chi connectivity index (χ0n) is 18.5. The van der Waals surface area contributed by atoms with Crippen LogP contribution < -0.4 is 10.1 Å². The number of amides is 2. The van der Waals surface area contributed by atoms with Crippen molar-refractivity contribution in [3.8, 4) is 5.75 Å². The number of esters is 1. The van der Waals surface area contributed by atoms with Gasteiger partial charge in [-0.3, -0.25) is 9.59 Å². The van der Waals surface area contributed by atoms with Crippen molar-refractivity contribution in [3.63, 3.8) is 0 Å². The quantitative estimate of drug-likeness (QED) is 0.458. The number of anilines is 1. The Morgan fingerprint density at radius 2 is 1.81 bits per heavy atom. The Hall–Kier alpha value is -3.13. The number of ether oxygens (including phenoxy) is 2. The van der Waals surface area contributed by atoms with E-state index in [4.69, 9.17) is 9.47 Å². The minimum Gasteiger partial charge on any atom is -0.494 e. The molecular weight excluding hydrogens is 416 g/mol. The van der Waals surface area contributed by atoms with Gasteiger partial charge in [-0.1, -0.05) is 19.1 Å². The Kier molecular flexibility index (Phi) is 8.81. The van der Waals surface area contributed by atoms with Gasteiger partial charge in [0, 0.05) is 20.2 Å². The van der Waals surface area contributed by atoms with Crippen LogP contribution >= 0.6 is 11.3 Å². The fourth-order valence-electron chi connectivity index (χ4n) is 2.68. The zero-order valence-corrected chi connectivity index (χ0v) is 19.3. The van der Waals surface area contributed by atoms with Gasteiger partial charge < -0.3 is 19.7 Å². The molecule has 0 saturated carbocycles. The summed E-state index contributed by atoms with van der Waals surface area (Å²) >= 11 is 1.06. The number of nitrogens with one attached hydrogen (secondary N) is 1. The number of thiophene rings is 1. The number of benzene rings is 1. The predicted octanol–water partition coefficient (Wildman–Crippen LogP) is 4.38. The number of hydrogen-bond donors (Lipinski definition) is 1. The highest BCUT2D eigenvalue weighted by Crippen LogP contribution is 2.34. The van der Waals surface area contributed by atoms with Crippen molar-refractivity contribution in [2.75, 3.05) is 32.6 Å². The SMILES string of the molecule is CCCOc1ccc(/C=C/C(=O)Nc2sc(C(=O)N(C)C)c(C)c2C(=O)OCC)cc1. The fraction of sp³-hybridized carbons (Fsp3) is 0.348. The van der Waals surface area contributed by atoms with Crippen molar-refractivity contribution in [2.24, 2.45) is 0 Å². The van der Waals surface area contributed by atoms with E-state index < -0.39 is 11.9 Å². The van der Waals surface area contributed by atoms with Gasteiger partial charge in [-0.25, -0.2) is 4.79 Å². The summed E-state index contributed by atoms with van der Waals surface area (Å²) in [6, 6.07) is 7.38. The molecule has 1 aromatic heterocycles. The Balaban J connectivity index is 2.20. The van der Waals surface area contributed by atoms with E-state index in [1.807, 2.05) is 31.2 Å². The topological polar surface area (TPSA) is 84.9 Å². The molecule has 0 aliphatic carbocycles. The second-order valence-electron chi connectivity index (χ2n) is 6.92. The maximum absolute atomic E-state index is 12.5. The van der Waals surface area contributed by atoms with Crippen LogP contribution in [-0.4, -0.2) is 50.0 Å². The molecule has 1 heterocycles. The second kappa shape index (κ2) is 11.3. The first-order chi connectivity index (χ1) is 14.8. The first kappa shape index (κ1) is 24.1. The lowest BCUT2D eigenvalue weighted by atomic mass is 10.1. The van der Waals surface area contributed by atoms with Crippen LogP contribution in [0.3, 0.4) is 0 Å². The standard InChI is InChI=1S/C23H28N2O5S/c1-6-14-30-17-11-8-16(9-12-17)10-13-18(26)24-21-19(23(28)29-7-2)15(3)20(31-21)22(27)25(4)5/h8-13H,6-7,14H2,1-5H3,(H,24,26)/b13-10+. The Morgan fingerprint density at radius 1 is 1.13 bits per heavy atom. The lowest BCUT2D eigenvalue weighted by Crippen LogP contribution is -2.21. The second-order valence-corrected chi connectivity index (χ2v) is 7.94. The molecule has 1 aromatic carbocycles. The van der Waals surface area contributed by atoms with Crippen LogP contribution in [-0.2, 0) is 9.53 Å². The first-order valence-electron chi connectivity index (χ1n) is 10.0. The largest absolute Gasteiger partial charge is 0.494 e. The average molecular weight is 445 g/mol. The zero-order chi connectivity index (χ0) is 23.0. The molecule has 0 fully saturated rings. The highest BCUT2D eigenvalue weighted by atomic mass is 32.1. The molecule has 0 saturated heterocycles. The molecule has 0 aliphatic heterocycles. The predicted molar refractivity (Wildman–Crippen MR) is 123 cm³/mol. The van der Waals surface area contributed by atoms with Gasteiger partial charge in [0.05, 0.1) is 23.7 Å². The summed E-state index contributed by atoms with van der Waals surface area (Å²) in [5.74, 6) is -0.456. The van der Waals surface area contributed by atoms with Crippen LogP contribution in [0.1, 0.15) is 51.4 Å². The third kappa shape index (κ3) is 6.42. The molecule has 2 amide bonds. The Labute approximate surface area is 186 Å². The van der Waals surface area contributed by atoms with E-state index in [1.54, 1.807) is 34.0 Å². The summed E-state index contributed by atoms with van der Waals surface area (Å²) in [6.45, 7) is 6.25. The van der Waals surface area contributed by atoms with E-state index >= 15 is 0 Å². The van der Waals surface area contributed by atoms with Gasteiger partial charge in [-0.2, -0.15) is 0 Å². The van der Waals surface area contributed by atoms with Crippen LogP contribution in [0.5, 0.6) is 5.75 Å². The van der Waals surface area contributed by atoms with Crippen molar-refractivity contribution in [2.45, 2.75) is 27.2 Å². The van der Waals surface area contributed by atoms with E-state index in [9.17, 15) is 14.4 Å². The summed E-state index contributed by atoms with van der Waals surface area (Å²) in [4.78, 5) is 39.2. The molecule has 0 radical (unpaired) electrons. The summed E-state index contributed by atoms with van der Waals surface area (Å²) < 4.78 is 10.7. The Bertz CT molecular complexity index is 961. The maximum Gasteiger partial charge on any atom is 0.341 e. The van der Waals surface area contributed by atoms with Crippen LogP contribution in [0, 0.1) is 6.92 Å². The minimum absolute atomic E-state index is 0.191. The van der Waals surface area contributed by atoms with E-state index in [0.717, 1.165) is 29.1 Å². The van der Waals surface area contributed by atoms with Gasteiger partial charge >= 0.3 is 5.97 Å². The van der Waals surface area contributed by atoms with Crippen molar-refractivity contribution in [3.05, 3.63) is 51.9 Å². The molecule has 166 valence electrons. The fourth-order valence-corrected chi connectivity index (χ4v) is 3.90. The molecule has 0 aliphatic rings. The first-order valence-corrected chi connectivity index (χ1v) is 10.8. The Morgan fingerprint density at radius 3 is 2.39 bits per heavy atom. The van der Waals surface area contributed by atoms with Gasteiger partial charge in [-0.05, 0) is 49.6 Å². The highest BCUT2D eigenvalue weighted by molar-refractivity contribution is 7.18. The van der Waals surface area contributed by atoms with E-state index in [1.165, 1.54) is 11.0 Å². The molecule has 7 nitrogen and oxygen atoms in total. The normalized spacial score (nSPS) is 10.7. The van der Waals surface area contributed by atoms with Crippen molar-refractivity contribution < 1.29 is 23.9 Å². The molecule has 2 aromatic rings. The van der Waals surface area contributed by atoms with Gasteiger partial charge in [-0.15, -0.1) is 11.3 Å². The van der Waals surface area contributed by atoms with Crippen LogP contribution in [0.2, 0.25) is 0 Å². The molecule has 0 spiro atoms. The smallest absolute Gasteiger partial charge is 0.341 e. The summed E-state index contributed by atoms with van der Waals surface area (Å²) in [6.07, 6.45) is 3.97. The van der Waals surface area contributed by atoms with Crippen molar-refractivity contribution >= 4 is 40.2 Å². The van der Waals surface area contributed by atoms with Gasteiger partial charge in [0.2, 0.25) is 5.91 Å². The van der Waals surface area contributed by atoms with Crippen LogP contribution in [0.25, 0.3) is 6.08 Å². The molecule has 1 N–H and O–H groups in total. The van der Waals surface area contributed by atoms with E-state index in [-0.39, 0.29) is 18.1 Å². The third-order valence-corrected chi connectivity index (χ3v) is 5.44. The summed E-state index contributed by atoms with van der Waals surface area (Å²) in [5.41, 5.74) is 1.52. The van der Waals surface area contributed by atoms with Gasteiger partial charge in [0.15, 0.2) is 0 Å². The van der Waals surface area contributed by atoms with Gasteiger partial charge in [0.1, 0.15) is 10.8 Å². The highest BCUT2D eigenvalue weighted by Gasteiger charge is 2.27. The molecule has 0 bridgehead atoms. The third-order valence-electron chi connectivity index (χ3n) is 4.24. The lowest BCUT2D eigenvalue weighted by molar-refractivity contribution is -0.111. The molecule has 8 heteroatoms. The lowest BCUT2D eigenvalue weighted by Gasteiger charge is -2.09. The number of carbonyl (C=O) groups excluding carboxylic acids is 3. The number of nitrogens with zero attached hydrogens (tertiary/aromatic N) is 1. The molecule has 2 rings (SSSR count). The van der Waals surface area contributed by atoms with Crippen molar-refractivity contribution in [1.82, 2.24) is 4.90 Å².